The monoisotopic (exact) mass is 222 g/mol. The second-order valence-electron chi connectivity index (χ2n) is 2.94. The first-order chi connectivity index (χ1) is 7.13. The Labute approximate surface area is 90.6 Å². The molecule has 1 aromatic rings. The molecule has 15 heavy (non-hydrogen) atoms. The van der Waals surface area contributed by atoms with Crippen molar-refractivity contribution >= 4 is 16.8 Å². The molecule has 0 bridgehead atoms. The van der Waals surface area contributed by atoms with Crippen molar-refractivity contribution in [3.8, 4) is 12.3 Å². The van der Waals surface area contributed by atoms with Gasteiger partial charge in [0, 0.05) is 16.6 Å². The third kappa shape index (κ3) is 3.56. The highest BCUT2D eigenvalue weighted by Crippen LogP contribution is 2.07. The molecule has 0 aliphatic heterocycles. The van der Waals surface area contributed by atoms with Crippen LogP contribution in [-0.4, -0.2) is 21.0 Å². The van der Waals surface area contributed by atoms with E-state index in [0.29, 0.717) is 5.75 Å². The Bertz CT molecular complexity index is 432. The smallest absolute Gasteiger partial charge is 0.335 e. The number of carbonyl (C=O) groups is 1. The molecule has 3 nitrogen and oxygen atoms in total. The van der Waals surface area contributed by atoms with Gasteiger partial charge in [-0.15, -0.1) is 6.42 Å². The van der Waals surface area contributed by atoms with Gasteiger partial charge in [-0.2, -0.15) is 0 Å². The standard InChI is InChI=1S/C11H10O3S/c1-2-6-15(14)8-9-4-3-5-10(7-9)11(12)13/h1,3-5,7H,6,8H2,(H,12,13). The van der Waals surface area contributed by atoms with Crippen LogP contribution in [0.5, 0.6) is 0 Å². The number of rotatable bonds is 4. The zero-order valence-corrected chi connectivity index (χ0v) is 8.79. The van der Waals surface area contributed by atoms with E-state index < -0.39 is 16.8 Å². The molecule has 0 saturated carbocycles. The van der Waals surface area contributed by atoms with Crippen LogP contribution < -0.4 is 0 Å². The predicted octanol–water partition coefficient (Wildman–Crippen LogP) is 1.27. The van der Waals surface area contributed by atoms with E-state index in [1.54, 1.807) is 12.1 Å². The van der Waals surface area contributed by atoms with Gasteiger partial charge in [-0.05, 0) is 17.7 Å². The fourth-order valence-electron chi connectivity index (χ4n) is 1.12. The van der Waals surface area contributed by atoms with Gasteiger partial charge >= 0.3 is 5.97 Å². The lowest BCUT2D eigenvalue weighted by Gasteiger charge is -2.00. The van der Waals surface area contributed by atoms with Gasteiger partial charge in [-0.3, -0.25) is 4.21 Å². The number of terminal acetylenes is 1. The second-order valence-corrected chi connectivity index (χ2v) is 4.40. The summed E-state index contributed by atoms with van der Waals surface area (Å²) >= 11 is 0. The maximum atomic E-state index is 11.3. The summed E-state index contributed by atoms with van der Waals surface area (Å²) in [6.07, 6.45) is 5.02. The molecule has 0 radical (unpaired) electrons. The summed E-state index contributed by atoms with van der Waals surface area (Å²) in [5, 5.41) is 8.74. The molecule has 1 rings (SSSR count). The van der Waals surface area contributed by atoms with Gasteiger partial charge in [-0.25, -0.2) is 4.79 Å². The molecule has 1 unspecified atom stereocenters. The first-order valence-electron chi connectivity index (χ1n) is 4.24. The van der Waals surface area contributed by atoms with E-state index in [1.807, 2.05) is 0 Å². The Morgan fingerprint density at radius 2 is 2.27 bits per heavy atom. The van der Waals surface area contributed by atoms with Crippen molar-refractivity contribution in [3.63, 3.8) is 0 Å². The van der Waals surface area contributed by atoms with Crippen molar-refractivity contribution in [1.29, 1.82) is 0 Å². The van der Waals surface area contributed by atoms with Crippen molar-refractivity contribution in [2.24, 2.45) is 0 Å². The Morgan fingerprint density at radius 1 is 1.53 bits per heavy atom. The fraction of sp³-hybridized carbons (Fsp3) is 0.182. The highest BCUT2D eigenvalue weighted by atomic mass is 32.2. The van der Waals surface area contributed by atoms with Gasteiger partial charge in [0.2, 0.25) is 0 Å². The van der Waals surface area contributed by atoms with Crippen LogP contribution in [0.15, 0.2) is 24.3 Å². The third-order valence-corrected chi connectivity index (χ3v) is 2.89. The second kappa shape index (κ2) is 5.32. The third-order valence-electron chi connectivity index (χ3n) is 1.75. The van der Waals surface area contributed by atoms with E-state index in [2.05, 4.69) is 5.92 Å². The topological polar surface area (TPSA) is 54.4 Å². The summed E-state index contributed by atoms with van der Waals surface area (Å²) in [5.41, 5.74) is 0.925. The SMILES string of the molecule is C#CCS(=O)Cc1cccc(C(=O)O)c1. The summed E-state index contributed by atoms with van der Waals surface area (Å²) in [4.78, 5) is 10.7. The predicted molar refractivity (Wildman–Crippen MR) is 58.9 cm³/mol. The molecule has 1 N–H and O–H groups in total. The number of aromatic carboxylic acids is 1. The molecule has 0 spiro atoms. The molecule has 0 aliphatic carbocycles. The minimum absolute atomic E-state index is 0.192. The number of hydrogen-bond donors (Lipinski definition) is 1. The highest BCUT2D eigenvalue weighted by molar-refractivity contribution is 7.84. The van der Waals surface area contributed by atoms with Gasteiger partial charge in [0.1, 0.15) is 0 Å². The van der Waals surface area contributed by atoms with Crippen LogP contribution in [-0.2, 0) is 16.6 Å². The quantitative estimate of drug-likeness (QED) is 0.780. The van der Waals surface area contributed by atoms with Crippen molar-refractivity contribution in [3.05, 3.63) is 35.4 Å². The molecular weight excluding hydrogens is 212 g/mol. The van der Waals surface area contributed by atoms with Crippen molar-refractivity contribution in [1.82, 2.24) is 0 Å². The van der Waals surface area contributed by atoms with Gasteiger partial charge in [0.25, 0.3) is 0 Å². The van der Waals surface area contributed by atoms with Crippen LogP contribution in [0, 0.1) is 12.3 Å². The van der Waals surface area contributed by atoms with E-state index >= 15 is 0 Å². The zero-order valence-electron chi connectivity index (χ0n) is 7.97. The molecular formula is C11H10O3S. The van der Waals surface area contributed by atoms with E-state index in [9.17, 15) is 9.00 Å². The van der Waals surface area contributed by atoms with Crippen molar-refractivity contribution < 1.29 is 14.1 Å². The van der Waals surface area contributed by atoms with Gasteiger partial charge < -0.3 is 5.11 Å². The Balaban J connectivity index is 2.79. The minimum atomic E-state index is -1.12. The van der Waals surface area contributed by atoms with E-state index in [-0.39, 0.29) is 11.3 Å². The lowest BCUT2D eigenvalue weighted by atomic mass is 10.1. The first kappa shape index (κ1) is 11.5. The average molecular weight is 222 g/mol. The van der Waals surface area contributed by atoms with E-state index in [1.165, 1.54) is 12.1 Å². The maximum absolute atomic E-state index is 11.3. The minimum Gasteiger partial charge on any atom is -0.478 e. The molecule has 0 aliphatic rings. The van der Waals surface area contributed by atoms with Crippen LogP contribution in [0.2, 0.25) is 0 Å². The molecule has 0 amide bonds. The van der Waals surface area contributed by atoms with Crippen LogP contribution in [0.3, 0.4) is 0 Å². The summed E-state index contributed by atoms with van der Waals surface area (Å²) in [6.45, 7) is 0. The summed E-state index contributed by atoms with van der Waals surface area (Å²) < 4.78 is 11.3. The normalized spacial score (nSPS) is 11.7. The fourth-order valence-corrected chi connectivity index (χ4v) is 1.96. The Morgan fingerprint density at radius 3 is 2.87 bits per heavy atom. The van der Waals surface area contributed by atoms with Crippen LogP contribution in [0.25, 0.3) is 0 Å². The molecule has 0 heterocycles. The first-order valence-corrected chi connectivity index (χ1v) is 5.73. The summed E-state index contributed by atoms with van der Waals surface area (Å²) in [5.74, 6) is 1.81. The lowest BCUT2D eigenvalue weighted by Crippen LogP contribution is -2.01. The molecule has 78 valence electrons. The number of carboxylic acids is 1. The van der Waals surface area contributed by atoms with Crippen LogP contribution in [0.4, 0.5) is 0 Å². The number of benzene rings is 1. The zero-order chi connectivity index (χ0) is 11.3. The van der Waals surface area contributed by atoms with E-state index in [0.717, 1.165) is 5.56 Å². The average Bonchev–Trinajstić information content (AvgIpc) is 2.18. The summed E-state index contributed by atoms with van der Waals surface area (Å²) in [6, 6.07) is 6.37. The number of carboxylic acid groups (broad SMARTS) is 1. The van der Waals surface area contributed by atoms with Crippen molar-refractivity contribution in [2.75, 3.05) is 5.75 Å². The largest absolute Gasteiger partial charge is 0.478 e. The Hall–Kier alpha value is -1.60. The van der Waals surface area contributed by atoms with Gasteiger partial charge in [0.05, 0.1) is 11.3 Å². The molecule has 1 aromatic carbocycles. The van der Waals surface area contributed by atoms with Gasteiger partial charge in [-0.1, -0.05) is 18.1 Å². The molecule has 0 fully saturated rings. The Kier molecular flexibility index (Phi) is 4.07. The van der Waals surface area contributed by atoms with Gasteiger partial charge in [0.15, 0.2) is 0 Å². The molecule has 1 atom stereocenters. The van der Waals surface area contributed by atoms with Crippen molar-refractivity contribution in [2.45, 2.75) is 5.75 Å². The lowest BCUT2D eigenvalue weighted by molar-refractivity contribution is 0.0697. The molecule has 0 saturated heterocycles. The molecule has 4 heteroatoms. The highest BCUT2D eigenvalue weighted by Gasteiger charge is 2.05. The van der Waals surface area contributed by atoms with Crippen LogP contribution >= 0.6 is 0 Å². The summed E-state index contributed by atoms with van der Waals surface area (Å²) in [7, 11) is -1.12. The van der Waals surface area contributed by atoms with Crippen LogP contribution in [0.1, 0.15) is 15.9 Å². The van der Waals surface area contributed by atoms with E-state index in [4.69, 9.17) is 11.5 Å². The maximum Gasteiger partial charge on any atom is 0.335 e. The molecule has 0 aromatic heterocycles. The number of hydrogen-bond acceptors (Lipinski definition) is 2.